The first-order valence-corrected chi connectivity index (χ1v) is 22.4. The standard InChI is InChI=1S/C40H33NSSi2/c1-43(2)34-19-11-9-16-30(34)38-32(17-12-20-35(38)43)41(26-13-6-5-7-14-26)27-21-22-31-37(25-27)44(3,4)36-24-23-29-28-15-8-10-18-33(28)42-40(29)39(31)36/h5-25H,1-4H3. The van der Waals surface area contributed by atoms with E-state index in [4.69, 9.17) is 0 Å². The third-order valence-electron chi connectivity index (χ3n) is 10.3. The molecular weight excluding hydrogens is 583 g/mol. The topological polar surface area (TPSA) is 3.24 Å². The van der Waals surface area contributed by atoms with E-state index in [-0.39, 0.29) is 0 Å². The average molecular weight is 616 g/mol. The van der Waals surface area contributed by atoms with Gasteiger partial charge < -0.3 is 4.90 Å². The van der Waals surface area contributed by atoms with Gasteiger partial charge in [0.2, 0.25) is 0 Å². The van der Waals surface area contributed by atoms with Crippen LogP contribution in [0, 0.1) is 0 Å². The summed E-state index contributed by atoms with van der Waals surface area (Å²) in [5.74, 6) is 0. The lowest BCUT2D eigenvalue weighted by Gasteiger charge is -2.30. The number of hydrogen-bond donors (Lipinski definition) is 0. The molecule has 2 aliphatic rings. The maximum atomic E-state index is 2.54. The van der Waals surface area contributed by atoms with Gasteiger partial charge >= 0.3 is 0 Å². The van der Waals surface area contributed by atoms with Crippen LogP contribution < -0.4 is 25.6 Å². The van der Waals surface area contributed by atoms with Gasteiger partial charge in [-0.3, -0.25) is 0 Å². The van der Waals surface area contributed by atoms with Crippen LogP contribution >= 0.6 is 11.3 Å². The van der Waals surface area contributed by atoms with Crippen molar-refractivity contribution in [3.63, 3.8) is 0 Å². The Balaban J connectivity index is 1.29. The van der Waals surface area contributed by atoms with Crippen LogP contribution in [0.5, 0.6) is 0 Å². The van der Waals surface area contributed by atoms with E-state index in [0.717, 1.165) is 0 Å². The molecule has 0 unspecified atom stereocenters. The SMILES string of the molecule is C[Si]1(C)c2ccccc2-c2c(N(c3ccccc3)c3ccc4c(c3)[Si](C)(C)c3ccc5c(sc6ccccc65)c3-4)cccc21. The minimum absolute atomic E-state index is 1.20. The van der Waals surface area contributed by atoms with Crippen molar-refractivity contribution < 1.29 is 0 Å². The number of fused-ring (bicyclic) bond motifs is 10. The van der Waals surface area contributed by atoms with Crippen molar-refractivity contribution in [2.45, 2.75) is 26.2 Å². The molecule has 6 aromatic carbocycles. The second kappa shape index (κ2) is 9.15. The molecule has 3 heterocycles. The second-order valence-corrected chi connectivity index (χ2v) is 23.1. The van der Waals surface area contributed by atoms with E-state index in [1.165, 1.54) is 64.7 Å². The predicted octanol–water partition coefficient (Wildman–Crippen LogP) is 9.13. The Morgan fingerprint density at radius 1 is 0.477 bits per heavy atom. The minimum atomic E-state index is -1.94. The second-order valence-electron chi connectivity index (χ2n) is 13.4. The summed E-state index contributed by atoms with van der Waals surface area (Å²) in [5, 5.41) is 8.95. The van der Waals surface area contributed by atoms with E-state index in [0.29, 0.717) is 0 Å². The zero-order valence-corrected chi connectivity index (χ0v) is 28.3. The summed E-state index contributed by atoms with van der Waals surface area (Å²) in [6.45, 7) is 10.1. The molecule has 1 nitrogen and oxygen atoms in total. The molecule has 0 saturated heterocycles. The molecule has 0 atom stereocenters. The van der Waals surface area contributed by atoms with Crippen LogP contribution in [0.3, 0.4) is 0 Å². The number of para-hydroxylation sites is 1. The van der Waals surface area contributed by atoms with Crippen molar-refractivity contribution in [1.29, 1.82) is 0 Å². The van der Waals surface area contributed by atoms with Gasteiger partial charge in [0, 0.05) is 37.1 Å². The molecule has 44 heavy (non-hydrogen) atoms. The van der Waals surface area contributed by atoms with Gasteiger partial charge in [-0.2, -0.15) is 0 Å². The number of anilines is 3. The lowest BCUT2D eigenvalue weighted by Crippen LogP contribution is -2.49. The van der Waals surface area contributed by atoms with E-state index >= 15 is 0 Å². The van der Waals surface area contributed by atoms with Crippen LogP contribution in [0.15, 0.2) is 127 Å². The lowest BCUT2D eigenvalue weighted by molar-refractivity contribution is 1.29. The van der Waals surface area contributed by atoms with Gasteiger partial charge in [0.05, 0.1) is 5.69 Å². The van der Waals surface area contributed by atoms with Crippen molar-refractivity contribution in [3.8, 4) is 22.3 Å². The van der Waals surface area contributed by atoms with Crippen molar-refractivity contribution in [2.24, 2.45) is 0 Å². The monoisotopic (exact) mass is 615 g/mol. The van der Waals surface area contributed by atoms with Gasteiger partial charge in [0.25, 0.3) is 0 Å². The summed E-state index contributed by atoms with van der Waals surface area (Å²) in [7, 11) is -3.74. The van der Waals surface area contributed by atoms with Crippen LogP contribution in [0.25, 0.3) is 42.4 Å². The maximum Gasteiger partial charge on any atom is 0.114 e. The highest BCUT2D eigenvalue weighted by molar-refractivity contribution is 7.26. The molecule has 2 aliphatic heterocycles. The molecule has 0 fully saturated rings. The Morgan fingerprint density at radius 2 is 1.16 bits per heavy atom. The number of nitrogens with zero attached hydrogens (tertiary/aromatic N) is 1. The fraction of sp³-hybridized carbons (Fsp3) is 0.100. The summed E-state index contributed by atoms with van der Waals surface area (Å²) in [6, 6.07) is 48.2. The highest BCUT2D eigenvalue weighted by Crippen LogP contribution is 2.46. The highest BCUT2D eigenvalue weighted by atomic mass is 32.1. The van der Waals surface area contributed by atoms with Crippen LogP contribution in [-0.2, 0) is 0 Å². The number of benzene rings is 6. The van der Waals surface area contributed by atoms with Crippen LogP contribution in [0.2, 0.25) is 26.2 Å². The third-order valence-corrected chi connectivity index (χ3v) is 18.5. The predicted molar refractivity (Wildman–Crippen MR) is 198 cm³/mol. The van der Waals surface area contributed by atoms with Crippen molar-refractivity contribution in [2.75, 3.05) is 4.90 Å². The molecule has 7 aromatic rings. The largest absolute Gasteiger partial charge is 0.310 e. The Kier molecular flexibility index (Phi) is 5.45. The van der Waals surface area contributed by atoms with Gasteiger partial charge in [0.15, 0.2) is 0 Å². The minimum Gasteiger partial charge on any atom is -0.310 e. The third kappa shape index (κ3) is 3.44. The number of hydrogen-bond acceptors (Lipinski definition) is 2. The molecule has 0 bridgehead atoms. The van der Waals surface area contributed by atoms with Crippen molar-refractivity contribution in [1.82, 2.24) is 0 Å². The summed E-state index contributed by atoms with van der Waals surface area (Å²) in [4.78, 5) is 2.52. The van der Waals surface area contributed by atoms with Crippen molar-refractivity contribution >= 4 is 85.5 Å². The van der Waals surface area contributed by atoms with Gasteiger partial charge in [-0.1, -0.05) is 117 Å². The van der Waals surface area contributed by atoms with E-state index in [1.54, 1.807) is 15.6 Å². The van der Waals surface area contributed by atoms with Crippen LogP contribution in [-0.4, -0.2) is 16.1 Å². The van der Waals surface area contributed by atoms with Crippen molar-refractivity contribution in [3.05, 3.63) is 127 Å². The molecule has 4 heteroatoms. The lowest BCUT2D eigenvalue weighted by atomic mass is 10.0. The van der Waals surface area contributed by atoms with E-state index in [9.17, 15) is 0 Å². The summed E-state index contributed by atoms with van der Waals surface area (Å²) in [6.07, 6.45) is 0. The summed E-state index contributed by atoms with van der Waals surface area (Å²) < 4.78 is 2.82. The first kappa shape index (κ1) is 26.2. The van der Waals surface area contributed by atoms with Gasteiger partial charge in [-0.05, 0) is 73.8 Å². The molecule has 0 spiro atoms. The van der Waals surface area contributed by atoms with Gasteiger partial charge in [-0.25, -0.2) is 0 Å². The molecule has 9 rings (SSSR count). The van der Waals surface area contributed by atoms with E-state index in [2.05, 4.69) is 158 Å². The Bertz CT molecular complexity index is 2300. The fourth-order valence-corrected chi connectivity index (χ4v) is 15.6. The molecular formula is C40H33NSSi2. The smallest absolute Gasteiger partial charge is 0.114 e. The Morgan fingerprint density at radius 3 is 2.02 bits per heavy atom. The zero-order chi connectivity index (χ0) is 29.8. The molecule has 0 amide bonds. The fourth-order valence-electron chi connectivity index (χ4n) is 8.05. The van der Waals surface area contributed by atoms with Crippen LogP contribution in [0.1, 0.15) is 0 Å². The normalized spacial score (nSPS) is 15.2. The summed E-state index contributed by atoms with van der Waals surface area (Å²) in [5.41, 5.74) is 9.46. The maximum absolute atomic E-state index is 2.54. The molecule has 0 aliphatic carbocycles. The first-order valence-electron chi connectivity index (χ1n) is 15.5. The van der Waals surface area contributed by atoms with Crippen LogP contribution in [0.4, 0.5) is 17.1 Å². The summed E-state index contributed by atoms with van der Waals surface area (Å²) >= 11 is 1.96. The first-order chi connectivity index (χ1) is 21.4. The number of thiophene rings is 1. The molecule has 0 saturated carbocycles. The van der Waals surface area contributed by atoms with Gasteiger partial charge in [-0.15, -0.1) is 11.3 Å². The molecule has 1 aromatic heterocycles. The Hall–Kier alpha value is -4.23. The van der Waals surface area contributed by atoms with E-state index < -0.39 is 16.1 Å². The van der Waals surface area contributed by atoms with E-state index in [1.807, 2.05) is 11.3 Å². The van der Waals surface area contributed by atoms with Gasteiger partial charge in [0.1, 0.15) is 16.1 Å². The molecule has 212 valence electrons. The zero-order valence-electron chi connectivity index (χ0n) is 25.5. The molecule has 0 N–H and O–H groups in total. The quantitative estimate of drug-likeness (QED) is 0.179. The average Bonchev–Trinajstić information content (AvgIpc) is 3.62. The number of rotatable bonds is 3. The molecule has 0 radical (unpaired) electrons. The Labute approximate surface area is 265 Å². The highest BCUT2D eigenvalue weighted by Gasteiger charge is 2.41.